The van der Waals surface area contributed by atoms with Crippen molar-refractivity contribution in [2.24, 2.45) is 0 Å². The van der Waals surface area contributed by atoms with Gasteiger partial charge in [-0.1, -0.05) is 6.42 Å². The van der Waals surface area contributed by atoms with Crippen LogP contribution in [0.15, 0.2) is 0 Å². The van der Waals surface area contributed by atoms with E-state index in [0.717, 1.165) is 19.3 Å². The average molecular weight is 198 g/mol. The fourth-order valence-electron chi connectivity index (χ4n) is 1.67. The molecule has 1 N–H and O–H groups in total. The second-order valence-electron chi connectivity index (χ2n) is 3.57. The SMILES string of the molecule is C#CCCCC(O)C1CCCCS1. The normalized spacial score (nSPS) is 25.1. The van der Waals surface area contributed by atoms with Crippen molar-refractivity contribution in [1.82, 2.24) is 0 Å². The molecule has 0 aromatic heterocycles. The molecule has 0 aromatic carbocycles. The van der Waals surface area contributed by atoms with Crippen LogP contribution in [0.1, 0.15) is 38.5 Å². The predicted octanol–water partition coefficient (Wildman–Crippen LogP) is 2.44. The molecular weight excluding hydrogens is 180 g/mol. The van der Waals surface area contributed by atoms with Crippen LogP contribution in [0.25, 0.3) is 0 Å². The lowest BCUT2D eigenvalue weighted by atomic mass is 10.0. The Kier molecular flexibility index (Phi) is 5.34. The number of unbranched alkanes of at least 4 members (excludes halogenated alkanes) is 1. The summed E-state index contributed by atoms with van der Waals surface area (Å²) in [6, 6.07) is 0. The predicted molar refractivity (Wildman–Crippen MR) is 58.8 cm³/mol. The summed E-state index contributed by atoms with van der Waals surface area (Å²) in [6.45, 7) is 0. The maximum Gasteiger partial charge on any atom is 0.0659 e. The Labute approximate surface area is 85.3 Å². The Bertz CT molecular complexity index is 167. The van der Waals surface area contributed by atoms with E-state index in [0.29, 0.717) is 5.25 Å². The smallest absolute Gasteiger partial charge is 0.0659 e. The van der Waals surface area contributed by atoms with E-state index >= 15 is 0 Å². The molecule has 2 unspecified atom stereocenters. The second-order valence-corrected chi connectivity index (χ2v) is 4.92. The molecule has 1 heterocycles. The fourth-order valence-corrected chi connectivity index (χ4v) is 3.03. The van der Waals surface area contributed by atoms with Crippen LogP contribution in [0, 0.1) is 12.3 Å². The molecule has 0 aromatic rings. The lowest BCUT2D eigenvalue weighted by molar-refractivity contribution is 0.154. The van der Waals surface area contributed by atoms with E-state index in [2.05, 4.69) is 5.92 Å². The van der Waals surface area contributed by atoms with Crippen LogP contribution < -0.4 is 0 Å². The highest BCUT2D eigenvalue weighted by Gasteiger charge is 2.21. The van der Waals surface area contributed by atoms with Crippen LogP contribution in [-0.4, -0.2) is 22.2 Å². The summed E-state index contributed by atoms with van der Waals surface area (Å²) in [5, 5.41) is 10.3. The van der Waals surface area contributed by atoms with Gasteiger partial charge in [0.1, 0.15) is 0 Å². The largest absolute Gasteiger partial charge is 0.392 e. The molecule has 1 aliphatic heterocycles. The van der Waals surface area contributed by atoms with Gasteiger partial charge in [-0.2, -0.15) is 11.8 Å². The summed E-state index contributed by atoms with van der Waals surface area (Å²) in [7, 11) is 0. The molecule has 74 valence electrons. The number of terminal acetylenes is 1. The van der Waals surface area contributed by atoms with Crippen molar-refractivity contribution in [3.05, 3.63) is 0 Å². The van der Waals surface area contributed by atoms with Crippen LogP contribution in [0.2, 0.25) is 0 Å². The van der Waals surface area contributed by atoms with Gasteiger partial charge in [0, 0.05) is 11.7 Å². The molecule has 13 heavy (non-hydrogen) atoms. The van der Waals surface area contributed by atoms with E-state index in [-0.39, 0.29) is 6.10 Å². The van der Waals surface area contributed by atoms with Crippen molar-refractivity contribution in [2.75, 3.05) is 5.75 Å². The van der Waals surface area contributed by atoms with Gasteiger partial charge in [-0.25, -0.2) is 0 Å². The second kappa shape index (κ2) is 6.34. The quantitative estimate of drug-likeness (QED) is 0.553. The van der Waals surface area contributed by atoms with Crippen LogP contribution in [0.4, 0.5) is 0 Å². The monoisotopic (exact) mass is 198 g/mol. The Morgan fingerprint density at radius 2 is 2.38 bits per heavy atom. The maximum absolute atomic E-state index is 9.81. The summed E-state index contributed by atoms with van der Waals surface area (Å²) in [5.41, 5.74) is 0. The summed E-state index contributed by atoms with van der Waals surface area (Å²) in [5.74, 6) is 3.83. The molecule has 0 amide bonds. The molecule has 0 radical (unpaired) electrons. The van der Waals surface area contributed by atoms with Crippen molar-refractivity contribution < 1.29 is 5.11 Å². The summed E-state index contributed by atoms with van der Waals surface area (Å²) < 4.78 is 0. The average Bonchev–Trinajstić information content (AvgIpc) is 2.19. The van der Waals surface area contributed by atoms with Crippen molar-refractivity contribution in [3.63, 3.8) is 0 Å². The number of thioether (sulfide) groups is 1. The Morgan fingerprint density at radius 3 is 3.00 bits per heavy atom. The van der Waals surface area contributed by atoms with E-state index in [1.165, 1.54) is 25.0 Å². The van der Waals surface area contributed by atoms with Gasteiger partial charge in [-0.3, -0.25) is 0 Å². The molecule has 0 aliphatic carbocycles. The van der Waals surface area contributed by atoms with Gasteiger partial charge in [0.05, 0.1) is 6.10 Å². The highest BCUT2D eigenvalue weighted by Crippen LogP contribution is 2.29. The van der Waals surface area contributed by atoms with Crippen LogP contribution in [0.3, 0.4) is 0 Å². The fraction of sp³-hybridized carbons (Fsp3) is 0.818. The molecule has 0 spiro atoms. The molecule has 2 heteroatoms. The van der Waals surface area contributed by atoms with E-state index in [4.69, 9.17) is 6.42 Å². The number of hydrogen-bond donors (Lipinski definition) is 1. The lowest BCUT2D eigenvalue weighted by Gasteiger charge is -2.25. The summed E-state index contributed by atoms with van der Waals surface area (Å²) in [6.07, 6.45) is 11.5. The third kappa shape index (κ3) is 4.06. The molecule has 1 fully saturated rings. The third-order valence-electron chi connectivity index (χ3n) is 2.47. The molecule has 1 nitrogen and oxygen atoms in total. The Hall–Kier alpha value is -0.130. The molecule has 1 aliphatic rings. The zero-order chi connectivity index (χ0) is 9.52. The number of aliphatic hydroxyl groups is 1. The van der Waals surface area contributed by atoms with Crippen molar-refractivity contribution in [2.45, 2.75) is 49.9 Å². The van der Waals surface area contributed by atoms with E-state index in [1.807, 2.05) is 11.8 Å². The van der Waals surface area contributed by atoms with Crippen LogP contribution in [0.5, 0.6) is 0 Å². The van der Waals surface area contributed by atoms with Crippen molar-refractivity contribution in [1.29, 1.82) is 0 Å². The summed E-state index contributed by atoms with van der Waals surface area (Å²) in [4.78, 5) is 0. The molecular formula is C11H18OS. The standard InChI is InChI=1S/C11H18OS/c1-2-3-4-7-10(12)11-8-5-6-9-13-11/h1,10-12H,3-9H2. The van der Waals surface area contributed by atoms with E-state index < -0.39 is 0 Å². The first-order valence-electron chi connectivity index (χ1n) is 5.07. The first-order valence-corrected chi connectivity index (χ1v) is 6.12. The Balaban J connectivity index is 2.14. The van der Waals surface area contributed by atoms with Gasteiger partial charge < -0.3 is 5.11 Å². The molecule has 0 bridgehead atoms. The summed E-state index contributed by atoms with van der Waals surface area (Å²) >= 11 is 1.93. The van der Waals surface area contributed by atoms with Gasteiger partial charge in [0.25, 0.3) is 0 Å². The van der Waals surface area contributed by atoms with Gasteiger partial charge in [-0.05, 0) is 31.4 Å². The number of rotatable bonds is 4. The Morgan fingerprint density at radius 1 is 1.54 bits per heavy atom. The van der Waals surface area contributed by atoms with Gasteiger partial charge in [0.15, 0.2) is 0 Å². The molecule has 0 saturated carbocycles. The topological polar surface area (TPSA) is 20.2 Å². The molecule has 1 rings (SSSR count). The zero-order valence-corrected chi connectivity index (χ0v) is 8.85. The third-order valence-corrected chi connectivity index (χ3v) is 3.97. The molecule has 2 atom stereocenters. The maximum atomic E-state index is 9.81. The van der Waals surface area contributed by atoms with Crippen LogP contribution in [-0.2, 0) is 0 Å². The van der Waals surface area contributed by atoms with Gasteiger partial charge in [0.2, 0.25) is 0 Å². The minimum absolute atomic E-state index is 0.126. The first kappa shape index (κ1) is 10.9. The van der Waals surface area contributed by atoms with E-state index in [9.17, 15) is 5.11 Å². The lowest BCUT2D eigenvalue weighted by Crippen LogP contribution is -2.25. The van der Waals surface area contributed by atoms with E-state index in [1.54, 1.807) is 0 Å². The van der Waals surface area contributed by atoms with Gasteiger partial charge >= 0.3 is 0 Å². The first-order chi connectivity index (χ1) is 6.34. The van der Waals surface area contributed by atoms with Gasteiger partial charge in [-0.15, -0.1) is 12.3 Å². The molecule has 1 saturated heterocycles. The number of hydrogen-bond acceptors (Lipinski definition) is 2. The van der Waals surface area contributed by atoms with Crippen molar-refractivity contribution >= 4 is 11.8 Å². The zero-order valence-electron chi connectivity index (χ0n) is 8.04. The van der Waals surface area contributed by atoms with Crippen molar-refractivity contribution in [3.8, 4) is 12.3 Å². The highest BCUT2D eigenvalue weighted by molar-refractivity contribution is 8.00. The van der Waals surface area contributed by atoms with Crippen LogP contribution >= 0.6 is 11.8 Å². The number of aliphatic hydroxyl groups excluding tert-OH is 1. The minimum atomic E-state index is -0.126. The minimum Gasteiger partial charge on any atom is -0.392 e. The highest BCUT2D eigenvalue weighted by atomic mass is 32.2.